The number of nitrogens with one attached hydrogen (secondary N) is 1. The molecule has 3 heterocycles. The monoisotopic (exact) mass is 378 g/mol. The van der Waals surface area contributed by atoms with Crippen molar-refractivity contribution < 1.29 is 18.8 Å². The quantitative estimate of drug-likeness (QED) is 0.764. The second kappa shape index (κ2) is 9.30. The summed E-state index contributed by atoms with van der Waals surface area (Å²) < 4.78 is 16.8. The Hall–Kier alpha value is -1.70. The van der Waals surface area contributed by atoms with E-state index in [1.807, 2.05) is 19.9 Å². The molecule has 1 amide bonds. The van der Waals surface area contributed by atoms with E-state index in [0.717, 1.165) is 36.3 Å². The van der Waals surface area contributed by atoms with Crippen molar-refractivity contribution in [3.63, 3.8) is 0 Å². The fourth-order valence-electron chi connectivity index (χ4n) is 3.11. The highest BCUT2D eigenvalue weighted by Gasteiger charge is 2.28. The summed E-state index contributed by atoms with van der Waals surface area (Å²) in [5.74, 6) is 0.840. The molecule has 0 saturated carbocycles. The van der Waals surface area contributed by atoms with Crippen molar-refractivity contribution in [2.75, 3.05) is 13.2 Å². The Labute approximate surface area is 157 Å². The van der Waals surface area contributed by atoms with Crippen LogP contribution >= 0.6 is 11.3 Å². The van der Waals surface area contributed by atoms with Gasteiger partial charge in [0.2, 0.25) is 5.91 Å². The number of ether oxygens (including phenoxy) is 2. The van der Waals surface area contributed by atoms with Crippen LogP contribution < -0.4 is 5.32 Å². The zero-order valence-electron chi connectivity index (χ0n) is 15.3. The highest BCUT2D eigenvalue weighted by molar-refractivity contribution is 7.09. The topological polar surface area (TPSA) is 73.6 Å². The van der Waals surface area contributed by atoms with Crippen LogP contribution in [0.15, 0.2) is 22.0 Å². The molecular formula is C19H26N2O4S. The SMILES string of the molecule is Cc1noc(C)c1CO[C@@H]1CCOC[C@@H]1NC(=O)CCCc1cccs1. The Morgan fingerprint density at radius 1 is 1.46 bits per heavy atom. The Morgan fingerprint density at radius 3 is 3.08 bits per heavy atom. The number of thiophene rings is 1. The van der Waals surface area contributed by atoms with Crippen LogP contribution in [0.25, 0.3) is 0 Å². The van der Waals surface area contributed by atoms with Crippen LogP contribution in [0.2, 0.25) is 0 Å². The summed E-state index contributed by atoms with van der Waals surface area (Å²) in [5.41, 5.74) is 1.83. The first-order valence-corrected chi connectivity index (χ1v) is 9.94. The molecule has 3 rings (SSSR count). The van der Waals surface area contributed by atoms with Crippen LogP contribution in [0.4, 0.5) is 0 Å². The van der Waals surface area contributed by atoms with Gasteiger partial charge in [0.05, 0.1) is 31.1 Å². The van der Waals surface area contributed by atoms with Crippen molar-refractivity contribution in [1.29, 1.82) is 0 Å². The Morgan fingerprint density at radius 2 is 2.35 bits per heavy atom. The highest BCUT2D eigenvalue weighted by Crippen LogP contribution is 2.19. The maximum atomic E-state index is 12.3. The van der Waals surface area contributed by atoms with Crippen molar-refractivity contribution in [1.82, 2.24) is 10.5 Å². The number of rotatable bonds is 8. The second-order valence-corrected chi connectivity index (χ2v) is 7.65. The molecular weight excluding hydrogens is 352 g/mol. The van der Waals surface area contributed by atoms with Crippen molar-refractivity contribution in [3.05, 3.63) is 39.4 Å². The van der Waals surface area contributed by atoms with Crippen molar-refractivity contribution in [2.45, 2.75) is 58.3 Å². The van der Waals surface area contributed by atoms with Crippen LogP contribution in [-0.2, 0) is 27.3 Å². The average Bonchev–Trinajstić information content (AvgIpc) is 3.25. The van der Waals surface area contributed by atoms with Crippen LogP contribution in [0, 0.1) is 13.8 Å². The molecule has 1 fully saturated rings. The molecule has 0 spiro atoms. The zero-order valence-corrected chi connectivity index (χ0v) is 16.1. The number of hydrogen-bond donors (Lipinski definition) is 1. The molecule has 1 aliphatic rings. The van der Waals surface area contributed by atoms with Crippen LogP contribution in [-0.4, -0.2) is 36.4 Å². The Balaban J connectivity index is 1.46. The van der Waals surface area contributed by atoms with Gasteiger partial charge in [-0.05, 0) is 44.6 Å². The first kappa shape index (κ1) is 19.1. The number of nitrogens with zero attached hydrogens (tertiary/aromatic N) is 1. The number of hydrogen-bond acceptors (Lipinski definition) is 6. The Bertz CT molecular complexity index is 679. The van der Waals surface area contributed by atoms with Crippen LogP contribution in [0.3, 0.4) is 0 Å². The van der Waals surface area contributed by atoms with E-state index in [2.05, 4.69) is 21.9 Å². The summed E-state index contributed by atoms with van der Waals surface area (Å²) in [7, 11) is 0. The van der Waals surface area contributed by atoms with E-state index in [1.54, 1.807) is 11.3 Å². The summed E-state index contributed by atoms with van der Waals surface area (Å²) in [6.45, 7) is 5.37. The van der Waals surface area contributed by atoms with E-state index < -0.39 is 0 Å². The van der Waals surface area contributed by atoms with Crippen molar-refractivity contribution in [3.8, 4) is 0 Å². The normalized spacial score (nSPS) is 20.2. The Kier molecular flexibility index (Phi) is 6.82. The predicted molar refractivity (Wildman–Crippen MR) is 99.2 cm³/mol. The average molecular weight is 378 g/mol. The van der Waals surface area contributed by atoms with E-state index in [9.17, 15) is 4.79 Å². The van der Waals surface area contributed by atoms with Gasteiger partial charge >= 0.3 is 0 Å². The van der Waals surface area contributed by atoms with E-state index in [0.29, 0.717) is 26.2 Å². The van der Waals surface area contributed by atoms with Gasteiger partial charge in [0.1, 0.15) is 5.76 Å². The molecule has 0 unspecified atom stereocenters. The molecule has 0 bridgehead atoms. The minimum atomic E-state index is -0.113. The molecule has 1 saturated heterocycles. The molecule has 7 heteroatoms. The van der Waals surface area contributed by atoms with Crippen molar-refractivity contribution in [2.24, 2.45) is 0 Å². The van der Waals surface area contributed by atoms with Gasteiger partial charge in [-0.3, -0.25) is 4.79 Å². The van der Waals surface area contributed by atoms with Gasteiger partial charge in [0.15, 0.2) is 0 Å². The van der Waals surface area contributed by atoms with Gasteiger partial charge in [0, 0.05) is 23.5 Å². The van der Waals surface area contributed by atoms with E-state index >= 15 is 0 Å². The smallest absolute Gasteiger partial charge is 0.220 e. The summed E-state index contributed by atoms with van der Waals surface area (Å²) in [6.07, 6.45) is 3.02. The molecule has 142 valence electrons. The first-order chi connectivity index (χ1) is 12.6. The van der Waals surface area contributed by atoms with Gasteiger partial charge in [-0.1, -0.05) is 11.2 Å². The molecule has 0 aromatic carbocycles. The fraction of sp³-hybridized carbons (Fsp3) is 0.579. The second-order valence-electron chi connectivity index (χ2n) is 6.62. The minimum absolute atomic E-state index is 0.0568. The molecule has 0 radical (unpaired) electrons. The standard InChI is InChI=1S/C19H26N2O4S/c1-13-16(14(2)25-21-13)11-24-18-8-9-23-12-17(18)20-19(22)7-3-5-15-6-4-10-26-15/h4,6,10,17-18H,3,5,7-9,11-12H2,1-2H3,(H,20,22)/t17-,18+/m0/s1. The summed E-state index contributed by atoms with van der Waals surface area (Å²) in [4.78, 5) is 13.6. The number of aromatic nitrogens is 1. The van der Waals surface area contributed by atoms with E-state index in [-0.39, 0.29) is 18.1 Å². The lowest BCUT2D eigenvalue weighted by Crippen LogP contribution is -2.50. The summed E-state index contributed by atoms with van der Waals surface area (Å²) >= 11 is 1.73. The molecule has 26 heavy (non-hydrogen) atoms. The number of aryl methyl sites for hydroxylation is 3. The lowest BCUT2D eigenvalue weighted by atomic mass is 10.1. The number of carbonyl (C=O) groups excluding carboxylic acids is 1. The largest absolute Gasteiger partial charge is 0.379 e. The van der Waals surface area contributed by atoms with Gasteiger partial charge < -0.3 is 19.3 Å². The third-order valence-corrected chi connectivity index (χ3v) is 5.61. The molecule has 2 aromatic heterocycles. The van der Waals surface area contributed by atoms with Gasteiger partial charge in [-0.2, -0.15) is 0 Å². The molecule has 6 nitrogen and oxygen atoms in total. The first-order valence-electron chi connectivity index (χ1n) is 9.06. The maximum absolute atomic E-state index is 12.3. The summed E-state index contributed by atoms with van der Waals surface area (Å²) in [6, 6.07) is 4.04. The summed E-state index contributed by atoms with van der Waals surface area (Å²) in [5, 5.41) is 9.10. The third kappa shape index (κ3) is 5.16. The molecule has 0 aliphatic carbocycles. The highest BCUT2D eigenvalue weighted by atomic mass is 32.1. The van der Waals surface area contributed by atoms with Gasteiger partial charge in [0.25, 0.3) is 0 Å². The van der Waals surface area contributed by atoms with E-state index in [1.165, 1.54) is 4.88 Å². The van der Waals surface area contributed by atoms with Gasteiger partial charge in [-0.25, -0.2) is 0 Å². The zero-order chi connectivity index (χ0) is 18.4. The molecule has 1 N–H and O–H groups in total. The van der Waals surface area contributed by atoms with Crippen LogP contribution in [0.1, 0.15) is 41.2 Å². The fourth-order valence-corrected chi connectivity index (χ4v) is 3.86. The molecule has 2 aromatic rings. The predicted octanol–water partition coefficient (Wildman–Crippen LogP) is 3.17. The van der Waals surface area contributed by atoms with E-state index in [4.69, 9.17) is 14.0 Å². The molecule has 1 aliphatic heterocycles. The number of carbonyl (C=O) groups is 1. The lowest BCUT2D eigenvalue weighted by Gasteiger charge is -2.32. The van der Waals surface area contributed by atoms with Crippen LogP contribution in [0.5, 0.6) is 0 Å². The maximum Gasteiger partial charge on any atom is 0.220 e. The van der Waals surface area contributed by atoms with Crippen molar-refractivity contribution >= 4 is 17.2 Å². The molecule has 2 atom stereocenters. The minimum Gasteiger partial charge on any atom is -0.379 e. The lowest BCUT2D eigenvalue weighted by molar-refractivity contribution is -0.126. The third-order valence-electron chi connectivity index (χ3n) is 4.67. The number of amides is 1. The van der Waals surface area contributed by atoms with Gasteiger partial charge in [-0.15, -0.1) is 11.3 Å².